The van der Waals surface area contributed by atoms with Crippen LogP contribution >= 0.6 is 0 Å². The third-order valence-electron chi connectivity index (χ3n) is 5.23. The molecule has 138 valence electrons. The van der Waals surface area contributed by atoms with Gasteiger partial charge in [-0.05, 0) is 43.4 Å². The fourth-order valence-corrected chi connectivity index (χ4v) is 3.50. The summed E-state index contributed by atoms with van der Waals surface area (Å²) in [5.41, 5.74) is -0.499. The van der Waals surface area contributed by atoms with Crippen molar-refractivity contribution >= 4 is 5.97 Å². The summed E-state index contributed by atoms with van der Waals surface area (Å²) in [7, 11) is 0. The molecule has 0 spiro atoms. The number of carbonyl (C=O) groups excluding carboxylic acids is 1. The topological polar surface area (TPSA) is 46.5 Å². The lowest BCUT2D eigenvalue weighted by molar-refractivity contribution is -0.167. The first-order valence-electron chi connectivity index (χ1n) is 9.42. The highest BCUT2D eigenvalue weighted by Crippen LogP contribution is 2.43. The molecule has 0 fully saturated rings. The van der Waals surface area contributed by atoms with Gasteiger partial charge in [0, 0.05) is 0 Å². The van der Waals surface area contributed by atoms with Crippen molar-refractivity contribution < 1.29 is 14.6 Å². The maximum atomic E-state index is 12.9. The van der Waals surface area contributed by atoms with E-state index in [1.807, 2.05) is 0 Å². The maximum Gasteiger partial charge on any atom is 0.312 e. The Bertz CT molecular complexity index is 336. The van der Waals surface area contributed by atoms with Gasteiger partial charge >= 0.3 is 5.97 Å². The minimum absolute atomic E-state index is 0.109. The van der Waals surface area contributed by atoms with Crippen LogP contribution in [0.15, 0.2) is 0 Å². The lowest BCUT2D eigenvalue weighted by atomic mass is 9.63. The minimum Gasteiger partial charge on any atom is -0.463 e. The Morgan fingerprint density at radius 3 is 2.09 bits per heavy atom. The third-order valence-corrected chi connectivity index (χ3v) is 5.23. The van der Waals surface area contributed by atoms with Gasteiger partial charge < -0.3 is 9.84 Å². The Balaban J connectivity index is 5.06. The van der Waals surface area contributed by atoms with Gasteiger partial charge in [0.25, 0.3) is 0 Å². The van der Waals surface area contributed by atoms with E-state index >= 15 is 0 Å². The van der Waals surface area contributed by atoms with Gasteiger partial charge in [-0.1, -0.05) is 61.3 Å². The number of esters is 1. The number of unbranched alkanes of at least 4 members (excludes halogenated alkanes) is 1. The Labute approximate surface area is 144 Å². The van der Waals surface area contributed by atoms with Gasteiger partial charge in [0.1, 0.15) is 6.61 Å². The van der Waals surface area contributed by atoms with E-state index in [2.05, 4.69) is 55.4 Å². The van der Waals surface area contributed by atoms with Crippen molar-refractivity contribution in [1.29, 1.82) is 0 Å². The van der Waals surface area contributed by atoms with Gasteiger partial charge in [0.2, 0.25) is 0 Å². The van der Waals surface area contributed by atoms with Crippen LogP contribution in [0, 0.1) is 29.1 Å². The fraction of sp³-hybridized carbons (Fsp3) is 0.950. The van der Waals surface area contributed by atoms with Crippen molar-refractivity contribution in [3.05, 3.63) is 0 Å². The predicted molar refractivity (Wildman–Crippen MR) is 97.2 cm³/mol. The third kappa shape index (κ3) is 6.82. The van der Waals surface area contributed by atoms with Crippen molar-refractivity contribution in [3.8, 4) is 0 Å². The molecular formula is C20H40O3. The van der Waals surface area contributed by atoms with Crippen LogP contribution in [-0.2, 0) is 9.53 Å². The molecule has 0 aromatic rings. The van der Waals surface area contributed by atoms with Gasteiger partial charge in [-0.2, -0.15) is 0 Å². The molecule has 3 nitrogen and oxygen atoms in total. The van der Waals surface area contributed by atoms with Crippen molar-refractivity contribution in [3.63, 3.8) is 0 Å². The van der Waals surface area contributed by atoms with Crippen molar-refractivity contribution in [2.75, 3.05) is 6.61 Å². The van der Waals surface area contributed by atoms with Crippen LogP contribution in [0.25, 0.3) is 0 Å². The second-order valence-corrected chi connectivity index (χ2v) is 8.31. The van der Waals surface area contributed by atoms with E-state index in [4.69, 9.17) is 4.74 Å². The second-order valence-electron chi connectivity index (χ2n) is 8.31. The van der Waals surface area contributed by atoms with Gasteiger partial charge in [-0.25, -0.2) is 0 Å². The molecule has 3 atom stereocenters. The van der Waals surface area contributed by atoms with Crippen LogP contribution in [-0.4, -0.2) is 23.8 Å². The van der Waals surface area contributed by atoms with Crippen LogP contribution in [0.3, 0.4) is 0 Å². The summed E-state index contributed by atoms with van der Waals surface area (Å²) in [6, 6.07) is 0. The number of ether oxygens (including phenoxy) is 1. The van der Waals surface area contributed by atoms with E-state index in [0.717, 1.165) is 19.3 Å². The van der Waals surface area contributed by atoms with E-state index in [0.29, 0.717) is 24.2 Å². The zero-order valence-corrected chi connectivity index (χ0v) is 16.7. The summed E-state index contributed by atoms with van der Waals surface area (Å²) in [6.45, 7) is 17.1. The molecule has 23 heavy (non-hydrogen) atoms. The van der Waals surface area contributed by atoms with Crippen molar-refractivity contribution in [2.24, 2.45) is 29.1 Å². The lowest BCUT2D eigenvalue weighted by Crippen LogP contribution is -2.44. The van der Waals surface area contributed by atoms with Crippen LogP contribution in [0.2, 0.25) is 0 Å². The molecule has 0 amide bonds. The summed E-state index contributed by atoms with van der Waals surface area (Å²) >= 11 is 0. The Kier molecular flexibility index (Phi) is 10.1. The zero-order chi connectivity index (χ0) is 18.2. The van der Waals surface area contributed by atoms with Crippen LogP contribution < -0.4 is 0 Å². The molecule has 0 aliphatic heterocycles. The molecule has 0 aliphatic carbocycles. The smallest absolute Gasteiger partial charge is 0.312 e. The molecule has 0 aromatic carbocycles. The Morgan fingerprint density at radius 2 is 1.70 bits per heavy atom. The predicted octanol–water partition coefficient (Wildman–Crippen LogP) is 5.06. The molecule has 0 heterocycles. The zero-order valence-electron chi connectivity index (χ0n) is 16.7. The van der Waals surface area contributed by atoms with Crippen molar-refractivity contribution in [2.45, 2.75) is 87.2 Å². The molecular weight excluding hydrogens is 288 g/mol. The van der Waals surface area contributed by atoms with Gasteiger partial charge in [-0.3, -0.25) is 4.79 Å². The van der Waals surface area contributed by atoms with E-state index in [1.54, 1.807) is 0 Å². The maximum absolute atomic E-state index is 12.9. The van der Waals surface area contributed by atoms with Gasteiger partial charge in [0.15, 0.2) is 0 Å². The van der Waals surface area contributed by atoms with Gasteiger partial charge in [-0.15, -0.1) is 0 Å². The molecule has 0 rings (SSSR count). The molecule has 1 N–H and O–H groups in total. The first-order valence-corrected chi connectivity index (χ1v) is 9.42. The van der Waals surface area contributed by atoms with Gasteiger partial charge in [0.05, 0.1) is 11.5 Å². The van der Waals surface area contributed by atoms with Crippen LogP contribution in [0.4, 0.5) is 0 Å². The summed E-state index contributed by atoms with van der Waals surface area (Å²) in [4.78, 5) is 12.9. The Hall–Kier alpha value is -0.570. The number of aliphatic hydroxyl groups excluding tert-OH is 1. The molecule has 0 radical (unpaired) electrons. The summed E-state index contributed by atoms with van der Waals surface area (Å²) < 4.78 is 5.55. The first kappa shape index (κ1) is 22.4. The second kappa shape index (κ2) is 10.3. The molecule has 3 heteroatoms. The number of aliphatic hydroxyl groups is 1. The fourth-order valence-electron chi connectivity index (χ4n) is 3.50. The summed E-state index contributed by atoms with van der Waals surface area (Å²) in [6.07, 6.45) is 3.42. The number of rotatable bonds is 11. The quantitative estimate of drug-likeness (QED) is 0.539. The Morgan fingerprint density at radius 1 is 1.13 bits per heavy atom. The standard InChI is InChI=1S/C20H40O3/c1-9-10-11-18(15(4)5)20(8,16(6)7)19(22)23-13-17(21)12-14(2)3/h14-18,21H,9-13H2,1-8H3. The summed E-state index contributed by atoms with van der Waals surface area (Å²) in [5.74, 6) is 1.19. The van der Waals surface area contributed by atoms with E-state index < -0.39 is 11.5 Å². The highest BCUT2D eigenvalue weighted by atomic mass is 16.5. The normalized spacial score (nSPS) is 17.4. The average molecular weight is 329 g/mol. The highest BCUT2D eigenvalue weighted by Gasteiger charge is 2.46. The molecule has 0 aliphatic rings. The van der Waals surface area contributed by atoms with Crippen LogP contribution in [0.1, 0.15) is 81.1 Å². The molecule has 0 bridgehead atoms. The molecule has 0 saturated heterocycles. The van der Waals surface area contributed by atoms with E-state index in [-0.39, 0.29) is 18.5 Å². The highest BCUT2D eigenvalue weighted by molar-refractivity contribution is 5.77. The average Bonchev–Trinajstić information content (AvgIpc) is 2.43. The molecule has 0 saturated carbocycles. The molecule has 0 aromatic heterocycles. The molecule has 3 unspecified atom stereocenters. The van der Waals surface area contributed by atoms with Crippen molar-refractivity contribution in [1.82, 2.24) is 0 Å². The minimum atomic E-state index is -0.566. The number of hydrogen-bond acceptors (Lipinski definition) is 3. The number of carbonyl (C=O) groups is 1. The van der Waals surface area contributed by atoms with E-state index in [1.165, 1.54) is 0 Å². The summed E-state index contributed by atoms with van der Waals surface area (Å²) in [5, 5.41) is 9.98. The first-order chi connectivity index (χ1) is 10.6. The SMILES string of the molecule is CCCCC(C(C)C)C(C)(C(=O)OCC(O)CC(C)C)C(C)C. The van der Waals surface area contributed by atoms with E-state index in [9.17, 15) is 9.90 Å². The van der Waals surface area contributed by atoms with Crippen LogP contribution in [0.5, 0.6) is 0 Å². The lowest BCUT2D eigenvalue weighted by Gasteiger charge is -2.41. The number of hydrogen-bond donors (Lipinski definition) is 1. The monoisotopic (exact) mass is 328 g/mol. The largest absolute Gasteiger partial charge is 0.463 e.